The fourth-order valence-electron chi connectivity index (χ4n) is 2.89. The van der Waals surface area contributed by atoms with Gasteiger partial charge in [-0.3, -0.25) is 4.79 Å². The molecule has 3 nitrogen and oxygen atoms in total. The van der Waals surface area contributed by atoms with Crippen LogP contribution < -0.4 is 5.32 Å². The number of rotatable bonds is 9. The predicted molar refractivity (Wildman–Crippen MR) is 106 cm³/mol. The maximum Gasteiger partial charge on any atom is 0.220 e. The predicted octanol–water partition coefficient (Wildman–Crippen LogP) is 4.93. The van der Waals surface area contributed by atoms with Gasteiger partial charge >= 0.3 is 0 Å². The fraction of sp³-hybridized carbons (Fsp3) is 0.286. The van der Waals surface area contributed by atoms with Crippen LogP contribution in [0.1, 0.15) is 24.8 Å². The van der Waals surface area contributed by atoms with E-state index in [0.717, 1.165) is 35.4 Å². The Balaban J connectivity index is 1.29. The number of benzene rings is 2. The lowest BCUT2D eigenvalue weighted by Gasteiger charge is -2.05. The molecule has 0 saturated carbocycles. The summed E-state index contributed by atoms with van der Waals surface area (Å²) in [6, 6.07) is 14.7. The number of carbonyl (C=O) groups is 1. The number of fused-ring (bicyclic) bond motifs is 1. The molecule has 3 rings (SSSR count). The number of halogens is 1. The van der Waals surface area contributed by atoms with Crippen LogP contribution in [-0.4, -0.2) is 23.2 Å². The van der Waals surface area contributed by atoms with Gasteiger partial charge in [0.1, 0.15) is 5.82 Å². The standard InChI is InChI=1S/C21H23FN2OS/c22-17-9-11-18(12-10-17)26-14-4-13-23-21(25)8-3-5-16-15-24-20-7-2-1-6-19(16)20/h1-2,6-7,9-12,15,24H,3-5,8,13-14H2,(H,23,25). The van der Waals surface area contributed by atoms with E-state index in [1.807, 2.05) is 18.3 Å². The van der Waals surface area contributed by atoms with E-state index >= 15 is 0 Å². The van der Waals surface area contributed by atoms with E-state index in [4.69, 9.17) is 0 Å². The Kier molecular flexibility index (Phi) is 6.72. The van der Waals surface area contributed by atoms with E-state index < -0.39 is 0 Å². The molecule has 2 aromatic carbocycles. The molecule has 0 radical (unpaired) electrons. The Morgan fingerprint density at radius 2 is 1.88 bits per heavy atom. The van der Waals surface area contributed by atoms with Crippen molar-refractivity contribution in [2.24, 2.45) is 0 Å². The minimum Gasteiger partial charge on any atom is -0.361 e. The molecule has 5 heteroatoms. The molecule has 1 heterocycles. The molecular weight excluding hydrogens is 347 g/mol. The second-order valence-corrected chi connectivity index (χ2v) is 7.39. The van der Waals surface area contributed by atoms with Gasteiger partial charge in [-0.25, -0.2) is 4.39 Å². The third-order valence-corrected chi connectivity index (χ3v) is 5.35. The first-order valence-corrected chi connectivity index (χ1v) is 9.91. The zero-order chi connectivity index (χ0) is 18.2. The minimum atomic E-state index is -0.214. The van der Waals surface area contributed by atoms with E-state index in [9.17, 15) is 9.18 Å². The van der Waals surface area contributed by atoms with Crippen LogP contribution in [0.25, 0.3) is 10.9 Å². The summed E-state index contributed by atoms with van der Waals surface area (Å²) in [4.78, 5) is 16.3. The van der Waals surface area contributed by atoms with Crippen molar-refractivity contribution in [3.63, 3.8) is 0 Å². The van der Waals surface area contributed by atoms with Gasteiger partial charge in [0.2, 0.25) is 5.91 Å². The van der Waals surface area contributed by atoms with Gasteiger partial charge in [-0.1, -0.05) is 18.2 Å². The highest BCUT2D eigenvalue weighted by Gasteiger charge is 2.05. The van der Waals surface area contributed by atoms with E-state index in [1.165, 1.54) is 23.1 Å². The lowest BCUT2D eigenvalue weighted by Crippen LogP contribution is -2.24. The van der Waals surface area contributed by atoms with Gasteiger partial charge < -0.3 is 10.3 Å². The molecule has 0 aliphatic rings. The van der Waals surface area contributed by atoms with Crippen LogP contribution in [0.2, 0.25) is 0 Å². The summed E-state index contributed by atoms with van der Waals surface area (Å²) in [5.41, 5.74) is 2.41. The summed E-state index contributed by atoms with van der Waals surface area (Å²) >= 11 is 1.68. The average molecular weight is 370 g/mol. The summed E-state index contributed by atoms with van der Waals surface area (Å²) < 4.78 is 12.8. The fourth-order valence-corrected chi connectivity index (χ4v) is 3.74. The lowest BCUT2D eigenvalue weighted by atomic mass is 10.1. The molecular formula is C21H23FN2OS. The first kappa shape index (κ1) is 18.5. The molecule has 0 aliphatic heterocycles. The van der Waals surface area contributed by atoms with Crippen molar-refractivity contribution >= 4 is 28.6 Å². The van der Waals surface area contributed by atoms with Crippen molar-refractivity contribution in [3.8, 4) is 0 Å². The molecule has 0 spiro atoms. The highest BCUT2D eigenvalue weighted by Crippen LogP contribution is 2.20. The second-order valence-electron chi connectivity index (χ2n) is 6.22. The quantitative estimate of drug-likeness (QED) is 0.414. The van der Waals surface area contributed by atoms with Gasteiger partial charge in [0.25, 0.3) is 0 Å². The molecule has 2 N–H and O–H groups in total. The molecule has 26 heavy (non-hydrogen) atoms. The summed E-state index contributed by atoms with van der Waals surface area (Å²) in [5.74, 6) is 0.798. The Morgan fingerprint density at radius 3 is 2.73 bits per heavy atom. The molecule has 136 valence electrons. The summed E-state index contributed by atoms with van der Waals surface area (Å²) in [6.45, 7) is 0.681. The van der Waals surface area contributed by atoms with Gasteiger partial charge in [0.15, 0.2) is 0 Å². The Hall–Kier alpha value is -2.27. The average Bonchev–Trinajstić information content (AvgIpc) is 3.06. The molecule has 1 amide bonds. The van der Waals surface area contributed by atoms with Gasteiger partial charge in [-0.15, -0.1) is 11.8 Å². The van der Waals surface area contributed by atoms with Gasteiger partial charge in [-0.05, 0) is 60.9 Å². The van der Waals surface area contributed by atoms with Gasteiger partial charge in [-0.2, -0.15) is 0 Å². The van der Waals surface area contributed by atoms with E-state index in [-0.39, 0.29) is 11.7 Å². The first-order valence-electron chi connectivity index (χ1n) is 8.92. The number of hydrogen-bond donors (Lipinski definition) is 2. The van der Waals surface area contributed by atoms with Crippen molar-refractivity contribution in [3.05, 3.63) is 66.1 Å². The number of aryl methyl sites for hydroxylation is 1. The number of amides is 1. The normalized spacial score (nSPS) is 11.0. The van der Waals surface area contributed by atoms with Crippen LogP contribution in [0.15, 0.2) is 59.6 Å². The molecule has 0 saturated heterocycles. The molecule has 0 bridgehead atoms. The smallest absolute Gasteiger partial charge is 0.220 e. The summed E-state index contributed by atoms with van der Waals surface area (Å²) in [6.07, 6.45) is 5.23. The zero-order valence-electron chi connectivity index (χ0n) is 14.6. The molecule has 3 aromatic rings. The summed E-state index contributed by atoms with van der Waals surface area (Å²) in [7, 11) is 0. The Bertz CT molecular complexity index is 845. The molecule has 0 atom stereocenters. The number of aromatic amines is 1. The SMILES string of the molecule is O=C(CCCc1c[nH]c2ccccc12)NCCCSc1ccc(F)cc1. The van der Waals surface area contributed by atoms with Gasteiger partial charge in [0.05, 0.1) is 0 Å². The number of aromatic nitrogens is 1. The molecule has 1 aromatic heterocycles. The third kappa shape index (κ3) is 5.36. The Labute approximate surface area is 157 Å². The van der Waals surface area contributed by atoms with E-state index in [1.54, 1.807) is 23.9 Å². The number of carbonyl (C=O) groups excluding carboxylic acids is 1. The van der Waals surface area contributed by atoms with Gasteiger partial charge in [0, 0.05) is 35.0 Å². The van der Waals surface area contributed by atoms with Crippen LogP contribution in [0.3, 0.4) is 0 Å². The second kappa shape index (κ2) is 9.43. The topological polar surface area (TPSA) is 44.9 Å². The van der Waals surface area contributed by atoms with Crippen LogP contribution in [-0.2, 0) is 11.2 Å². The van der Waals surface area contributed by atoms with Crippen LogP contribution in [0.4, 0.5) is 4.39 Å². The van der Waals surface area contributed by atoms with Crippen molar-refractivity contribution in [1.29, 1.82) is 0 Å². The zero-order valence-corrected chi connectivity index (χ0v) is 15.4. The number of hydrogen-bond acceptors (Lipinski definition) is 2. The number of para-hydroxylation sites is 1. The largest absolute Gasteiger partial charge is 0.361 e. The maximum atomic E-state index is 12.8. The van der Waals surface area contributed by atoms with E-state index in [2.05, 4.69) is 22.4 Å². The van der Waals surface area contributed by atoms with Crippen LogP contribution in [0.5, 0.6) is 0 Å². The number of H-pyrrole nitrogens is 1. The molecule has 0 unspecified atom stereocenters. The van der Waals surface area contributed by atoms with Crippen LogP contribution >= 0.6 is 11.8 Å². The maximum absolute atomic E-state index is 12.8. The van der Waals surface area contributed by atoms with Crippen molar-refractivity contribution in [2.75, 3.05) is 12.3 Å². The molecule has 0 fully saturated rings. The monoisotopic (exact) mass is 370 g/mol. The summed E-state index contributed by atoms with van der Waals surface area (Å²) in [5, 5.41) is 4.22. The van der Waals surface area contributed by atoms with Crippen LogP contribution in [0, 0.1) is 5.82 Å². The third-order valence-electron chi connectivity index (χ3n) is 4.25. The Morgan fingerprint density at radius 1 is 1.08 bits per heavy atom. The molecule has 0 aliphatic carbocycles. The highest BCUT2D eigenvalue weighted by molar-refractivity contribution is 7.99. The van der Waals surface area contributed by atoms with E-state index in [0.29, 0.717) is 13.0 Å². The van der Waals surface area contributed by atoms with Crippen molar-refractivity contribution in [2.45, 2.75) is 30.6 Å². The highest BCUT2D eigenvalue weighted by atomic mass is 32.2. The van der Waals surface area contributed by atoms with Crippen molar-refractivity contribution < 1.29 is 9.18 Å². The number of thioether (sulfide) groups is 1. The van der Waals surface area contributed by atoms with Crippen molar-refractivity contribution in [1.82, 2.24) is 10.3 Å². The lowest BCUT2D eigenvalue weighted by molar-refractivity contribution is -0.121. The number of nitrogens with one attached hydrogen (secondary N) is 2. The minimum absolute atomic E-state index is 0.108. The first-order chi connectivity index (χ1) is 12.7.